The first-order valence-corrected chi connectivity index (χ1v) is 3.13. The van der Waals surface area contributed by atoms with E-state index in [1.807, 2.05) is 0 Å². The van der Waals surface area contributed by atoms with Crippen molar-refractivity contribution >= 4 is 12.0 Å². The standard InChI is InChI=1S/C7H9NO3/c1-3-11-4-6(2)7(10)8-5-9/h4H,3H2,1-2H3/b6-4-. The van der Waals surface area contributed by atoms with Gasteiger partial charge in [0.15, 0.2) is 0 Å². The second kappa shape index (κ2) is 5.38. The van der Waals surface area contributed by atoms with Crippen molar-refractivity contribution in [2.24, 2.45) is 4.99 Å². The summed E-state index contributed by atoms with van der Waals surface area (Å²) in [6.07, 6.45) is 2.42. The number of rotatable bonds is 3. The number of carbonyl (C=O) groups is 1. The van der Waals surface area contributed by atoms with Gasteiger partial charge in [0.1, 0.15) is 0 Å². The number of hydrogen-bond acceptors (Lipinski definition) is 3. The Morgan fingerprint density at radius 1 is 1.73 bits per heavy atom. The number of isocyanates is 1. The Balaban J connectivity index is 4.11. The Morgan fingerprint density at radius 3 is 2.82 bits per heavy atom. The lowest BCUT2D eigenvalue weighted by molar-refractivity contribution is -0.114. The van der Waals surface area contributed by atoms with Crippen LogP contribution in [-0.4, -0.2) is 18.6 Å². The summed E-state index contributed by atoms with van der Waals surface area (Å²) in [6.45, 7) is 3.78. The van der Waals surface area contributed by atoms with E-state index < -0.39 is 5.91 Å². The van der Waals surface area contributed by atoms with Crippen LogP contribution in [0.3, 0.4) is 0 Å². The van der Waals surface area contributed by atoms with Crippen LogP contribution in [0.5, 0.6) is 0 Å². The van der Waals surface area contributed by atoms with Crippen LogP contribution in [0.4, 0.5) is 0 Å². The Kier molecular flexibility index (Phi) is 4.69. The van der Waals surface area contributed by atoms with Gasteiger partial charge in [-0.2, -0.15) is 0 Å². The van der Waals surface area contributed by atoms with Crippen molar-refractivity contribution in [1.82, 2.24) is 0 Å². The fraction of sp³-hybridized carbons (Fsp3) is 0.429. The van der Waals surface area contributed by atoms with Crippen molar-refractivity contribution in [3.8, 4) is 0 Å². The Labute approximate surface area is 64.6 Å². The minimum absolute atomic E-state index is 0.287. The molecule has 0 atom stereocenters. The monoisotopic (exact) mass is 155 g/mol. The second-order valence-corrected chi connectivity index (χ2v) is 1.76. The summed E-state index contributed by atoms with van der Waals surface area (Å²) in [6, 6.07) is 0. The summed E-state index contributed by atoms with van der Waals surface area (Å²) in [4.78, 5) is 23.2. The molecule has 0 saturated carbocycles. The van der Waals surface area contributed by atoms with Gasteiger partial charge in [-0.15, -0.1) is 4.99 Å². The lowest BCUT2D eigenvalue weighted by atomic mass is 10.3. The second-order valence-electron chi connectivity index (χ2n) is 1.76. The number of aliphatic imine (C=N–C) groups is 1. The molecule has 4 heteroatoms. The van der Waals surface area contributed by atoms with E-state index >= 15 is 0 Å². The molecule has 0 aliphatic carbocycles. The van der Waals surface area contributed by atoms with E-state index in [1.54, 1.807) is 6.92 Å². The molecule has 0 rings (SSSR count). The summed E-state index contributed by atoms with van der Waals surface area (Å²) < 4.78 is 4.79. The topological polar surface area (TPSA) is 55.7 Å². The van der Waals surface area contributed by atoms with Gasteiger partial charge in [0, 0.05) is 0 Å². The molecular weight excluding hydrogens is 146 g/mol. The highest BCUT2D eigenvalue weighted by atomic mass is 16.5. The van der Waals surface area contributed by atoms with Gasteiger partial charge >= 0.3 is 0 Å². The molecule has 0 aromatic carbocycles. The van der Waals surface area contributed by atoms with Gasteiger partial charge in [-0.25, -0.2) is 4.79 Å². The first kappa shape index (κ1) is 9.59. The van der Waals surface area contributed by atoms with E-state index in [2.05, 4.69) is 4.99 Å². The predicted octanol–water partition coefficient (Wildman–Crippen LogP) is 0.789. The van der Waals surface area contributed by atoms with E-state index in [1.165, 1.54) is 13.2 Å². The predicted molar refractivity (Wildman–Crippen MR) is 38.5 cm³/mol. The van der Waals surface area contributed by atoms with Gasteiger partial charge in [0.2, 0.25) is 6.08 Å². The first-order chi connectivity index (χ1) is 5.22. The van der Waals surface area contributed by atoms with Gasteiger partial charge in [0.25, 0.3) is 5.91 Å². The molecular formula is C7H9NO3. The molecule has 0 heterocycles. The highest BCUT2D eigenvalue weighted by molar-refractivity contribution is 5.95. The zero-order chi connectivity index (χ0) is 8.69. The van der Waals surface area contributed by atoms with Crippen molar-refractivity contribution in [3.63, 3.8) is 0 Å². The number of carbonyl (C=O) groups excluding carboxylic acids is 2. The van der Waals surface area contributed by atoms with Crippen LogP contribution in [0.25, 0.3) is 0 Å². The smallest absolute Gasteiger partial charge is 0.286 e. The molecule has 0 aliphatic heterocycles. The molecule has 0 bridgehead atoms. The number of nitrogens with zero attached hydrogens (tertiary/aromatic N) is 1. The van der Waals surface area contributed by atoms with E-state index in [0.29, 0.717) is 6.61 Å². The molecule has 0 aliphatic rings. The molecule has 1 amide bonds. The summed E-state index contributed by atoms with van der Waals surface area (Å²) >= 11 is 0. The molecule has 4 nitrogen and oxygen atoms in total. The van der Waals surface area contributed by atoms with Crippen LogP contribution in [-0.2, 0) is 14.3 Å². The highest BCUT2D eigenvalue weighted by Crippen LogP contribution is 1.95. The molecule has 60 valence electrons. The maximum Gasteiger partial charge on any atom is 0.286 e. The molecule has 0 N–H and O–H groups in total. The lowest BCUT2D eigenvalue weighted by Crippen LogP contribution is -1.95. The van der Waals surface area contributed by atoms with Crippen molar-refractivity contribution in [2.45, 2.75) is 13.8 Å². The van der Waals surface area contributed by atoms with Crippen molar-refractivity contribution in [1.29, 1.82) is 0 Å². The van der Waals surface area contributed by atoms with Gasteiger partial charge < -0.3 is 4.74 Å². The molecule has 0 aromatic rings. The normalized spacial score (nSPS) is 10.2. The summed E-state index contributed by atoms with van der Waals surface area (Å²) in [5.41, 5.74) is 0.287. The Hall–Kier alpha value is -1.41. The first-order valence-electron chi connectivity index (χ1n) is 3.13. The molecule has 0 aromatic heterocycles. The van der Waals surface area contributed by atoms with Crippen molar-refractivity contribution < 1.29 is 14.3 Å². The molecule has 11 heavy (non-hydrogen) atoms. The summed E-state index contributed by atoms with van der Waals surface area (Å²) in [7, 11) is 0. The van der Waals surface area contributed by atoms with Crippen molar-refractivity contribution in [3.05, 3.63) is 11.8 Å². The largest absolute Gasteiger partial charge is 0.501 e. The van der Waals surface area contributed by atoms with Gasteiger partial charge in [-0.05, 0) is 13.8 Å². The fourth-order valence-electron chi connectivity index (χ4n) is 0.388. The van der Waals surface area contributed by atoms with E-state index in [-0.39, 0.29) is 5.57 Å². The number of amides is 1. The average Bonchev–Trinajstić information content (AvgIpc) is 2.00. The zero-order valence-electron chi connectivity index (χ0n) is 6.46. The summed E-state index contributed by atoms with van der Waals surface area (Å²) in [5, 5.41) is 0. The highest BCUT2D eigenvalue weighted by Gasteiger charge is 2.00. The van der Waals surface area contributed by atoms with E-state index in [0.717, 1.165) is 6.08 Å². The minimum Gasteiger partial charge on any atom is -0.501 e. The molecule has 0 saturated heterocycles. The zero-order valence-corrected chi connectivity index (χ0v) is 6.46. The molecule has 0 unspecified atom stereocenters. The third-order valence-corrected chi connectivity index (χ3v) is 0.911. The lowest BCUT2D eigenvalue weighted by Gasteiger charge is -1.94. The van der Waals surface area contributed by atoms with Gasteiger partial charge in [-0.3, -0.25) is 4.79 Å². The van der Waals surface area contributed by atoms with Crippen LogP contribution < -0.4 is 0 Å². The van der Waals surface area contributed by atoms with Gasteiger partial charge in [0.05, 0.1) is 18.4 Å². The molecule has 0 fully saturated rings. The average molecular weight is 155 g/mol. The van der Waals surface area contributed by atoms with Crippen LogP contribution in [0, 0.1) is 0 Å². The molecule has 0 spiro atoms. The number of ether oxygens (including phenoxy) is 1. The van der Waals surface area contributed by atoms with Crippen LogP contribution >= 0.6 is 0 Å². The fourth-order valence-corrected chi connectivity index (χ4v) is 0.388. The maximum atomic E-state index is 10.7. The number of hydrogen-bond donors (Lipinski definition) is 0. The van der Waals surface area contributed by atoms with Crippen LogP contribution in [0.1, 0.15) is 13.8 Å². The third kappa shape index (κ3) is 4.06. The molecule has 0 radical (unpaired) electrons. The van der Waals surface area contributed by atoms with Gasteiger partial charge in [-0.1, -0.05) is 0 Å². The Bertz CT molecular complexity index is 214. The third-order valence-electron chi connectivity index (χ3n) is 0.911. The van der Waals surface area contributed by atoms with E-state index in [9.17, 15) is 9.59 Å². The SMILES string of the molecule is CCO/C=C(/C)C(=O)N=C=O. The van der Waals surface area contributed by atoms with Crippen LogP contribution in [0.15, 0.2) is 16.8 Å². The van der Waals surface area contributed by atoms with Crippen LogP contribution in [0.2, 0.25) is 0 Å². The van der Waals surface area contributed by atoms with Crippen molar-refractivity contribution in [2.75, 3.05) is 6.61 Å². The summed E-state index contributed by atoms with van der Waals surface area (Å²) in [5.74, 6) is -0.617. The van der Waals surface area contributed by atoms with E-state index in [4.69, 9.17) is 4.74 Å². The maximum absolute atomic E-state index is 10.7. The Morgan fingerprint density at radius 2 is 2.36 bits per heavy atom. The quantitative estimate of drug-likeness (QED) is 0.262. The minimum atomic E-state index is -0.617.